The number of nitro groups is 1. The first-order chi connectivity index (χ1) is 8.84. The van der Waals surface area contributed by atoms with Crippen molar-refractivity contribution >= 4 is 23.2 Å². The molecule has 0 aliphatic rings. The molecule has 0 aliphatic heterocycles. The van der Waals surface area contributed by atoms with Crippen molar-refractivity contribution in [1.29, 1.82) is 0 Å². The quantitative estimate of drug-likeness (QED) is 0.473. The number of carbonyl (C=O) groups excluding carboxylic acids is 1. The summed E-state index contributed by atoms with van der Waals surface area (Å²) in [4.78, 5) is 27.5. The van der Waals surface area contributed by atoms with E-state index in [2.05, 4.69) is 4.98 Å². The van der Waals surface area contributed by atoms with E-state index < -0.39 is 16.5 Å². The minimum absolute atomic E-state index is 0.0312. The average Bonchev–Trinajstić information content (AvgIpc) is 2.34. The third-order valence-corrected chi connectivity index (χ3v) is 2.96. The van der Waals surface area contributed by atoms with Gasteiger partial charge in [-0.15, -0.1) is 0 Å². The fraction of sp³-hybridized carbons (Fsp3) is 0.500. The minimum Gasteiger partial charge on any atom is -0.341 e. The Labute approximate surface area is 116 Å². The molecule has 0 unspecified atom stereocenters. The van der Waals surface area contributed by atoms with E-state index in [1.807, 2.05) is 13.8 Å². The topological polar surface area (TPSA) is 76.3 Å². The first kappa shape index (κ1) is 15.4. The van der Waals surface area contributed by atoms with Crippen LogP contribution in [0.25, 0.3) is 0 Å². The molecule has 0 aliphatic carbocycles. The normalized spacial score (nSPS) is 10.6. The number of pyridine rings is 1. The first-order valence-electron chi connectivity index (χ1n) is 5.89. The van der Waals surface area contributed by atoms with Crippen LogP contribution >= 0.6 is 11.6 Å². The van der Waals surface area contributed by atoms with Crippen LogP contribution in [0.5, 0.6) is 0 Å². The molecule has 1 rings (SSSR count). The predicted molar refractivity (Wildman–Crippen MR) is 72.3 cm³/mol. The zero-order valence-corrected chi connectivity index (χ0v) is 11.8. The number of aromatic nitrogens is 1. The Balaban J connectivity index is 2.99. The van der Waals surface area contributed by atoms with Gasteiger partial charge >= 0.3 is 5.69 Å². The molecule has 0 fully saturated rings. The van der Waals surface area contributed by atoms with Gasteiger partial charge in [0.25, 0.3) is 5.91 Å². The number of carbonyl (C=O) groups is 1. The Morgan fingerprint density at radius 3 is 2.74 bits per heavy atom. The van der Waals surface area contributed by atoms with Crippen LogP contribution in [0.4, 0.5) is 5.69 Å². The van der Waals surface area contributed by atoms with Crippen molar-refractivity contribution in [3.63, 3.8) is 0 Å². The molecule has 7 heteroatoms. The molecule has 104 valence electrons. The minimum atomic E-state index is -0.682. The Hall–Kier alpha value is -1.69. The highest BCUT2D eigenvalue weighted by Gasteiger charge is 2.26. The van der Waals surface area contributed by atoms with Crippen LogP contribution in [0.1, 0.15) is 30.6 Å². The summed E-state index contributed by atoms with van der Waals surface area (Å²) in [5.41, 5.74) is -0.471. The smallest absolute Gasteiger partial charge is 0.319 e. The van der Waals surface area contributed by atoms with Gasteiger partial charge in [-0.2, -0.15) is 0 Å². The highest BCUT2D eigenvalue weighted by atomic mass is 35.5. The third-order valence-electron chi connectivity index (χ3n) is 2.68. The summed E-state index contributed by atoms with van der Waals surface area (Å²) in [5.74, 6) is 0.0305. The van der Waals surface area contributed by atoms with Gasteiger partial charge in [0.2, 0.25) is 5.15 Å². The fourth-order valence-electron chi connectivity index (χ4n) is 1.53. The molecule has 1 amide bonds. The average molecular weight is 286 g/mol. The highest BCUT2D eigenvalue weighted by molar-refractivity contribution is 6.32. The van der Waals surface area contributed by atoms with Crippen LogP contribution in [-0.4, -0.2) is 34.3 Å². The summed E-state index contributed by atoms with van der Waals surface area (Å²) in [7, 11) is 1.61. The second-order valence-electron chi connectivity index (χ2n) is 4.66. The van der Waals surface area contributed by atoms with Crippen molar-refractivity contribution in [1.82, 2.24) is 9.88 Å². The van der Waals surface area contributed by atoms with Gasteiger partial charge in [0.05, 0.1) is 4.92 Å². The van der Waals surface area contributed by atoms with E-state index in [0.29, 0.717) is 12.5 Å². The van der Waals surface area contributed by atoms with Crippen LogP contribution in [0.3, 0.4) is 0 Å². The second-order valence-corrected chi connectivity index (χ2v) is 5.02. The molecule has 0 N–H and O–H groups in total. The molecule has 6 nitrogen and oxygen atoms in total. The number of nitrogens with zero attached hydrogens (tertiary/aromatic N) is 3. The summed E-state index contributed by atoms with van der Waals surface area (Å²) in [6.45, 7) is 4.63. The molecule has 1 aromatic heterocycles. The summed E-state index contributed by atoms with van der Waals surface area (Å²) in [6, 6.07) is 1.32. The lowest BCUT2D eigenvalue weighted by molar-refractivity contribution is -0.385. The van der Waals surface area contributed by atoms with Gasteiger partial charge in [0.1, 0.15) is 5.56 Å². The lowest BCUT2D eigenvalue weighted by Gasteiger charge is -2.18. The van der Waals surface area contributed by atoms with E-state index in [1.54, 1.807) is 7.05 Å². The number of hydrogen-bond acceptors (Lipinski definition) is 4. The summed E-state index contributed by atoms with van der Waals surface area (Å²) < 4.78 is 0. The van der Waals surface area contributed by atoms with Crippen molar-refractivity contribution in [3.8, 4) is 0 Å². The lowest BCUT2D eigenvalue weighted by Crippen LogP contribution is -2.29. The van der Waals surface area contributed by atoms with Gasteiger partial charge in [-0.3, -0.25) is 14.9 Å². The first-order valence-corrected chi connectivity index (χ1v) is 6.26. The molecule has 1 aromatic rings. The van der Waals surface area contributed by atoms with Gasteiger partial charge in [0, 0.05) is 19.8 Å². The van der Waals surface area contributed by atoms with Gasteiger partial charge in [-0.05, 0) is 18.4 Å². The molecule has 0 atom stereocenters. The number of hydrogen-bond donors (Lipinski definition) is 0. The van der Waals surface area contributed by atoms with Crippen LogP contribution < -0.4 is 0 Å². The summed E-state index contributed by atoms with van der Waals surface area (Å²) in [6.07, 6.45) is 2.12. The predicted octanol–water partition coefficient (Wildman–Crippen LogP) is 2.76. The molecule has 0 aromatic carbocycles. The molecule has 0 radical (unpaired) electrons. The molecule has 0 saturated carbocycles. The molecule has 0 saturated heterocycles. The van der Waals surface area contributed by atoms with Crippen molar-refractivity contribution < 1.29 is 9.72 Å². The molecule has 0 bridgehead atoms. The Morgan fingerprint density at radius 1 is 1.58 bits per heavy atom. The van der Waals surface area contributed by atoms with Crippen molar-refractivity contribution in [2.75, 3.05) is 13.6 Å². The molecule has 1 heterocycles. The fourth-order valence-corrected chi connectivity index (χ4v) is 1.76. The van der Waals surface area contributed by atoms with E-state index in [9.17, 15) is 14.9 Å². The monoisotopic (exact) mass is 285 g/mol. The van der Waals surface area contributed by atoms with Crippen LogP contribution in [-0.2, 0) is 0 Å². The molecule has 19 heavy (non-hydrogen) atoms. The Kier molecular flexibility index (Phi) is 5.23. The number of halogens is 1. The van der Waals surface area contributed by atoms with Gasteiger partial charge in [-0.1, -0.05) is 25.4 Å². The zero-order chi connectivity index (χ0) is 14.6. The third kappa shape index (κ3) is 3.89. The molecule has 0 spiro atoms. The maximum Gasteiger partial charge on any atom is 0.319 e. The molecular formula is C12H16ClN3O3. The van der Waals surface area contributed by atoms with Gasteiger partial charge in [-0.25, -0.2) is 4.98 Å². The van der Waals surface area contributed by atoms with Crippen molar-refractivity contribution in [2.45, 2.75) is 20.3 Å². The van der Waals surface area contributed by atoms with Crippen molar-refractivity contribution in [2.24, 2.45) is 5.92 Å². The van der Waals surface area contributed by atoms with Gasteiger partial charge < -0.3 is 4.90 Å². The maximum atomic E-state index is 12.2. The lowest BCUT2D eigenvalue weighted by atomic mass is 10.1. The Bertz CT molecular complexity index is 491. The largest absolute Gasteiger partial charge is 0.341 e. The number of rotatable bonds is 5. The van der Waals surface area contributed by atoms with E-state index in [4.69, 9.17) is 11.6 Å². The van der Waals surface area contributed by atoms with E-state index >= 15 is 0 Å². The molecular weight excluding hydrogens is 270 g/mol. The van der Waals surface area contributed by atoms with Crippen LogP contribution in [0, 0.1) is 16.0 Å². The Morgan fingerprint density at radius 2 is 2.21 bits per heavy atom. The van der Waals surface area contributed by atoms with E-state index in [0.717, 1.165) is 6.42 Å². The SMILES string of the molecule is CC(C)CCN(C)C(=O)c1ccnc(Cl)c1[N+](=O)[O-]. The van der Waals surface area contributed by atoms with Crippen LogP contribution in [0.15, 0.2) is 12.3 Å². The summed E-state index contributed by atoms with van der Waals surface area (Å²) >= 11 is 5.68. The van der Waals surface area contributed by atoms with Crippen LogP contribution in [0.2, 0.25) is 5.15 Å². The van der Waals surface area contributed by atoms with Gasteiger partial charge in [0.15, 0.2) is 0 Å². The van der Waals surface area contributed by atoms with Crippen molar-refractivity contribution in [3.05, 3.63) is 33.1 Å². The standard InChI is InChI=1S/C12H16ClN3O3/c1-8(2)5-7-15(3)12(17)9-4-6-14-11(13)10(9)16(18)19/h4,6,8H,5,7H2,1-3H3. The summed E-state index contributed by atoms with van der Waals surface area (Å²) in [5, 5.41) is 10.7. The highest BCUT2D eigenvalue weighted by Crippen LogP contribution is 2.26. The maximum absolute atomic E-state index is 12.2. The number of amides is 1. The second kappa shape index (κ2) is 6.47. The van der Waals surface area contributed by atoms with E-state index in [1.165, 1.54) is 17.2 Å². The zero-order valence-electron chi connectivity index (χ0n) is 11.1. The van der Waals surface area contributed by atoms with E-state index in [-0.39, 0.29) is 10.7 Å².